The van der Waals surface area contributed by atoms with Crippen LogP contribution in [0.4, 0.5) is 0 Å². The molecular weight excluding hydrogens is 446 g/mol. The van der Waals surface area contributed by atoms with Crippen molar-refractivity contribution in [2.24, 2.45) is 17.6 Å². The van der Waals surface area contributed by atoms with E-state index in [9.17, 15) is 44.7 Å². The lowest BCUT2D eigenvalue weighted by Gasteiger charge is -2.45. The monoisotopic (exact) mass is 467 g/mol. The van der Waals surface area contributed by atoms with Crippen LogP contribution in [0.2, 0.25) is 0 Å². The average molecular weight is 467 g/mol. The van der Waals surface area contributed by atoms with Crippen molar-refractivity contribution in [3.8, 4) is 17.2 Å². The molecule has 0 bridgehead atoms. The smallest absolute Gasteiger partial charge is 0.235 e. The number of nitrogens with two attached hydrogens (primary N) is 1. The lowest BCUT2D eigenvalue weighted by atomic mass is 9.59. The first-order valence-corrected chi connectivity index (χ1v) is 10.8. The molecule has 1 amide bonds. The molecule has 2 aromatic carbocycles. The molecule has 10 heteroatoms. The van der Waals surface area contributed by atoms with Crippen LogP contribution in [0.5, 0.6) is 17.2 Å². The Bertz CT molecular complexity index is 1370. The topological polar surface area (TPSA) is 195 Å². The van der Waals surface area contributed by atoms with Crippen LogP contribution in [0.25, 0.3) is 16.3 Å². The molecule has 1 fully saturated rings. The first-order valence-electron chi connectivity index (χ1n) is 10.8. The maximum atomic E-state index is 13.5. The number of rotatable bonds is 2. The van der Waals surface area contributed by atoms with E-state index in [1.54, 1.807) is 6.07 Å². The lowest BCUT2D eigenvalue weighted by Crippen LogP contribution is -2.65. The number of amides is 1. The van der Waals surface area contributed by atoms with Crippen molar-refractivity contribution in [2.75, 3.05) is 0 Å². The highest BCUT2D eigenvalue weighted by molar-refractivity contribution is 6.32. The molecule has 1 unspecified atom stereocenters. The van der Waals surface area contributed by atoms with Crippen LogP contribution >= 0.6 is 0 Å². The van der Waals surface area contributed by atoms with Crippen molar-refractivity contribution in [3.05, 3.63) is 34.9 Å². The molecule has 3 aliphatic rings. The number of primary amides is 1. The summed E-state index contributed by atoms with van der Waals surface area (Å²) in [6.07, 6.45) is 1.60. The van der Waals surface area contributed by atoms with E-state index < -0.39 is 81.6 Å². The predicted molar refractivity (Wildman–Crippen MR) is 116 cm³/mol. The number of phenols is 3. The molecule has 5 rings (SSSR count). The number of hydrogen-bond donors (Lipinski definition) is 6. The van der Waals surface area contributed by atoms with Crippen LogP contribution in [0, 0.1) is 11.8 Å². The minimum absolute atomic E-state index is 0.0724. The number of aliphatic hydroxyl groups is 2. The zero-order valence-corrected chi connectivity index (χ0v) is 17.7. The molecule has 7 N–H and O–H groups in total. The summed E-state index contributed by atoms with van der Waals surface area (Å²) in [5, 5.41) is 54.8. The minimum atomic E-state index is -3.04. The number of phenolic OH excluding ortho intramolecular Hbond substituents is 3. The van der Waals surface area contributed by atoms with Crippen molar-refractivity contribution in [2.45, 2.75) is 37.4 Å². The van der Waals surface area contributed by atoms with E-state index in [0.29, 0.717) is 12.0 Å². The van der Waals surface area contributed by atoms with Crippen molar-refractivity contribution in [3.63, 3.8) is 0 Å². The van der Waals surface area contributed by atoms with E-state index in [4.69, 9.17) is 5.73 Å². The highest BCUT2D eigenvalue weighted by Crippen LogP contribution is 2.56. The third-order valence-corrected chi connectivity index (χ3v) is 7.27. The van der Waals surface area contributed by atoms with Gasteiger partial charge in [-0.15, -0.1) is 0 Å². The van der Waals surface area contributed by atoms with Crippen molar-refractivity contribution in [1.82, 2.24) is 0 Å². The molecule has 34 heavy (non-hydrogen) atoms. The van der Waals surface area contributed by atoms with Gasteiger partial charge in [0.15, 0.2) is 23.1 Å². The first kappa shape index (κ1) is 22.1. The van der Waals surface area contributed by atoms with E-state index in [2.05, 4.69) is 0 Å². The summed E-state index contributed by atoms with van der Waals surface area (Å²) in [7, 11) is 0. The normalized spacial score (nSPS) is 28.6. The van der Waals surface area contributed by atoms with Gasteiger partial charge in [0.05, 0.1) is 17.1 Å². The highest BCUT2D eigenvalue weighted by atomic mass is 16.3. The third kappa shape index (κ3) is 2.57. The molecule has 1 saturated carbocycles. The molecular formula is C24H21NO9. The van der Waals surface area contributed by atoms with Gasteiger partial charge in [0.2, 0.25) is 11.7 Å². The van der Waals surface area contributed by atoms with Crippen LogP contribution in [0.3, 0.4) is 0 Å². The molecule has 3 aliphatic carbocycles. The molecule has 4 atom stereocenters. The fourth-order valence-electron chi connectivity index (χ4n) is 5.57. The molecule has 0 spiro atoms. The number of aliphatic hydroxyl groups excluding tert-OH is 1. The summed E-state index contributed by atoms with van der Waals surface area (Å²) in [4.78, 5) is 50.5. The standard InChI is InChI=1S/C24H21NO9/c25-23(33)14-12(26)7-11-19(29)15-16(22(32)24(11,34)21(14)31)20(30)13-10(18(15)28)6-5-9(17(13)27)8-3-1-2-4-8/h3,5-6,11,14,19,27-30,34H,1-2,4,7H2,(H2,25,33)/t11-,14?,19-,24-/m1/s1. The van der Waals surface area contributed by atoms with E-state index in [1.807, 2.05) is 6.08 Å². The molecule has 0 heterocycles. The third-order valence-electron chi connectivity index (χ3n) is 7.27. The predicted octanol–water partition coefficient (Wildman–Crippen LogP) is 0.744. The van der Waals surface area contributed by atoms with Gasteiger partial charge in [-0.05, 0) is 30.9 Å². The number of fused-ring (bicyclic) bond motifs is 3. The zero-order chi connectivity index (χ0) is 24.7. The second-order valence-electron chi connectivity index (χ2n) is 9.01. The van der Waals surface area contributed by atoms with E-state index >= 15 is 0 Å². The van der Waals surface area contributed by atoms with Gasteiger partial charge in [0.1, 0.15) is 17.2 Å². The van der Waals surface area contributed by atoms with Crippen LogP contribution in [-0.4, -0.2) is 54.4 Å². The molecule has 0 radical (unpaired) electrons. The number of benzene rings is 2. The van der Waals surface area contributed by atoms with Crippen LogP contribution in [-0.2, 0) is 14.4 Å². The van der Waals surface area contributed by atoms with E-state index in [-0.39, 0.29) is 10.8 Å². The number of carbonyl (C=O) groups excluding carboxylic acids is 4. The Labute approximate surface area is 191 Å². The molecule has 0 saturated heterocycles. The van der Waals surface area contributed by atoms with Gasteiger partial charge in [-0.3, -0.25) is 19.2 Å². The maximum absolute atomic E-state index is 13.5. The summed E-state index contributed by atoms with van der Waals surface area (Å²) in [5.41, 5.74) is 2.04. The summed E-state index contributed by atoms with van der Waals surface area (Å²) < 4.78 is 0. The second-order valence-corrected chi connectivity index (χ2v) is 9.01. The fourth-order valence-corrected chi connectivity index (χ4v) is 5.57. The number of hydrogen-bond acceptors (Lipinski definition) is 9. The molecule has 0 aromatic heterocycles. The number of ketones is 3. The molecule has 0 aliphatic heterocycles. The van der Waals surface area contributed by atoms with Crippen LogP contribution in [0.1, 0.15) is 53.3 Å². The Balaban J connectivity index is 1.80. The van der Waals surface area contributed by atoms with Crippen molar-refractivity contribution in [1.29, 1.82) is 0 Å². The molecule has 176 valence electrons. The van der Waals surface area contributed by atoms with Crippen molar-refractivity contribution < 1.29 is 44.7 Å². The fraction of sp³-hybridized carbons (Fsp3) is 0.333. The summed E-state index contributed by atoms with van der Waals surface area (Å²) >= 11 is 0. The number of carbonyl (C=O) groups is 4. The SMILES string of the molecule is NC(=O)C1C(=O)C[C@@H]2[C@@H](O)c3c(c(O)c4c(O)c(C5=CCCC5)ccc4c3O)C(=O)[C@]2(O)C1=O. The first-order chi connectivity index (χ1) is 16.0. The van der Waals surface area contributed by atoms with Gasteiger partial charge in [-0.25, -0.2) is 0 Å². The Morgan fingerprint density at radius 3 is 2.38 bits per heavy atom. The Morgan fingerprint density at radius 1 is 1.06 bits per heavy atom. The quantitative estimate of drug-likeness (QED) is 0.273. The van der Waals surface area contributed by atoms with Crippen molar-refractivity contribution >= 4 is 39.6 Å². The van der Waals surface area contributed by atoms with E-state index in [1.165, 1.54) is 6.07 Å². The van der Waals surface area contributed by atoms with Gasteiger partial charge in [0, 0.05) is 28.9 Å². The second kappa shape index (κ2) is 7.12. The summed E-state index contributed by atoms with van der Waals surface area (Å²) in [6.45, 7) is 0. The molecule has 10 nitrogen and oxygen atoms in total. The van der Waals surface area contributed by atoms with E-state index in [0.717, 1.165) is 18.4 Å². The van der Waals surface area contributed by atoms with Crippen LogP contribution in [0.15, 0.2) is 18.2 Å². The largest absolute Gasteiger partial charge is 0.507 e. The zero-order valence-electron chi connectivity index (χ0n) is 17.7. The minimum Gasteiger partial charge on any atom is -0.507 e. The lowest BCUT2D eigenvalue weighted by molar-refractivity contribution is -0.163. The Hall–Kier alpha value is -3.76. The summed E-state index contributed by atoms with van der Waals surface area (Å²) in [6, 6.07) is 2.95. The van der Waals surface area contributed by atoms with Gasteiger partial charge in [-0.1, -0.05) is 12.1 Å². The number of allylic oxidation sites excluding steroid dienone is 2. The van der Waals surface area contributed by atoms with Crippen LogP contribution < -0.4 is 5.73 Å². The molecule has 2 aromatic rings. The average Bonchev–Trinajstić information content (AvgIpc) is 3.31. The Kier molecular flexibility index (Phi) is 4.62. The maximum Gasteiger partial charge on any atom is 0.235 e. The van der Waals surface area contributed by atoms with Gasteiger partial charge in [-0.2, -0.15) is 0 Å². The van der Waals surface area contributed by atoms with Gasteiger partial charge in [0.25, 0.3) is 0 Å². The Morgan fingerprint density at radius 2 is 1.76 bits per heavy atom. The summed E-state index contributed by atoms with van der Waals surface area (Å²) in [5.74, 6) is -10.9. The number of Topliss-reactive ketones (excluding diaryl/α,β-unsaturated/α-hetero) is 3. The number of aromatic hydroxyl groups is 3. The highest BCUT2D eigenvalue weighted by Gasteiger charge is 2.65. The van der Waals surface area contributed by atoms with Gasteiger partial charge < -0.3 is 31.3 Å². The van der Waals surface area contributed by atoms with Gasteiger partial charge >= 0.3 is 0 Å².